The van der Waals surface area contributed by atoms with Gasteiger partial charge in [-0.1, -0.05) is 12.1 Å². The predicted octanol–water partition coefficient (Wildman–Crippen LogP) is 2.72. The van der Waals surface area contributed by atoms with Crippen LogP contribution in [0.25, 0.3) is 0 Å². The zero-order chi connectivity index (χ0) is 14.1. The summed E-state index contributed by atoms with van der Waals surface area (Å²) in [6, 6.07) is 7.67. The van der Waals surface area contributed by atoms with Gasteiger partial charge in [-0.3, -0.25) is 0 Å². The first-order valence-corrected chi connectivity index (χ1v) is 6.20. The summed E-state index contributed by atoms with van der Waals surface area (Å²) in [5, 5.41) is 0. The van der Waals surface area contributed by atoms with E-state index in [0.717, 1.165) is 16.9 Å². The lowest BCUT2D eigenvalue weighted by molar-refractivity contribution is -0.137. The van der Waals surface area contributed by atoms with Crippen LogP contribution in [0.2, 0.25) is 0 Å². The van der Waals surface area contributed by atoms with Gasteiger partial charge in [-0.15, -0.1) is 0 Å². The second-order valence-corrected chi connectivity index (χ2v) is 4.08. The maximum atomic E-state index is 11.2. The van der Waals surface area contributed by atoms with E-state index in [2.05, 4.69) is 0 Å². The highest BCUT2D eigenvalue weighted by Gasteiger charge is 1.99. The fourth-order valence-electron chi connectivity index (χ4n) is 1.48. The number of carbonyl (C=O) groups is 1. The summed E-state index contributed by atoms with van der Waals surface area (Å²) in [6.45, 7) is 4.91. The maximum Gasteiger partial charge on any atom is 0.330 e. The second-order valence-electron chi connectivity index (χ2n) is 4.08. The average Bonchev–Trinajstić information content (AvgIpc) is 2.39. The molecule has 0 N–H and O–H groups in total. The lowest BCUT2D eigenvalue weighted by atomic mass is 10.2. The normalized spacial score (nSPS) is 11.2. The van der Waals surface area contributed by atoms with E-state index in [1.165, 1.54) is 6.08 Å². The first-order chi connectivity index (χ1) is 9.15. The SMILES string of the molecule is CCOC(=O)/C=C(/C)COCc1ccc(OC)cc1. The van der Waals surface area contributed by atoms with Crippen molar-refractivity contribution in [3.05, 3.63) is 41.5 Å². The van der Waals surface area contributed by atoms with Crippen molar-refractivity contribution in [1.29, 1.82) is 0 Å². The molecule has 0 spiro atoms. The number of methoxy groups -OCH3 is 1. The van der Waals surface area contributed by atoms with Crippen LogP contribution in [0.4, 0.5) is 0 Å². The first-order valence-electron chi connectivity index (χ1n) is 6.20. The molecular formula is C15H20O4. The summed E-state index contributed by atoms with van der Waals surface area (Å²) in [6.07, 6.45) is 1.46. The molecule has 0 amide bonds. The van der Waals surface area contributed by atoms with Gasteiger partial charge in [-0.25, -0.2) is 4.79 Å². The quantitative estimate of drug-likeness (QED) is 0.561. The van der Waals surface area contributed by atoms with E-state index in [1.807, 2.05) is 31.2 Å². The first kappa shape index (κ1) is 15.2. The maximum absolute atomic E-state index is 11.2. The van der Waals surface area contributed by atoms with E-state index in [-0.39, 0.29) is 5.97 Å². The van der Waals surface area contributed by atoms with Gasteiger partial charge in [-0.2, -0.15) is 0 Å². The van der Waals surface area contributed by atoms with Gasteiger partial charge in [0.15, 0.2) is 0 Å². The molecule has 104 valence electrons. The van der Waals surface area contributed by atoms with E-state index in [0.29, 0.717) is 19.8 Å². The Morgan fingerprint density at radius 1 is 1.26 bits per heavy atom. The fraction of sp³-hybridized carbons (Fsp3) is 0.400. The van der Waals surface area contributed by atoms with Gasteiger partial charge in [0.25, 0.3) is 0 Å². The third-order valence-electron chi connectivity index (χ3n) is 2.41. The van der Waals surface area contributed by atoms with Crippen LogP contribution in [0.3, 0.4) is 0 Å². The summed E-state index contributed by atoms with van der Waals surface area (Å²) >= 11 is 0. The zero-order valence-corrected chi connectivity index (χ0v) is 11.6. The highest BCUT2D eigenvalue weighted by molar-refractivity contribution is 5.82. The molecule has 0 atom stereocenters. The van der Waals surface area contributed by atoms with E-state index >= 15 is 0 Å². The molecule has 0 aliphatic heterocycles. The number of hydrogen-bond donors (Lipinski definition) is 0. The third-order valence-corrected chi connectivity index (χ3v) is 2.41. The molecule has 19 heavy (non-hydrogen) atoms. The van der Waals surface area contributed by atoms with Crippen LogP contribution >= 0.6 is 0 Å². The van der Waals surface area contributed by atoms with Gasteiger partial charge in [0, 0.05) is 6.08 Å². The van der Waals surface area contributed by atoms with Gasteiger partial charge in [0.05, 0.1) is 26.9 Å². The second kappa shape index (κ2) is 8.32. The Hall–Kier alpha value is -1.81. The van der Waals surface area contributed by atoms with Crippen molar-refractivity contribution in [2.75, 3.05) is 20.3 Å². The molecule has 0 unspecified atom stereocenters. The predicted molar refractivity (Wildman–Crippen MR) is 73.0 cm³/mol. The van der Waals surface area contributed by atoms with Gasteiger partial charge in [0.1, 0.15) is 5.75 Å². The van der Waals surface area contributed by atoms with Crippen molar-refractivity contribution in [2.24, 2.45) is 0 Å². The topological polar surface area (TPSA) is 44.8 Å². The minimum atomic E-state index is -0.326. The highest BCUT2D eigenvalue weighted by atomic mass is 16.5. The molecule has 1 rings (SSSR count). The lowest BCUT2D eigenvalue weighted by Crippen LogP contribution is -2.03. The highest BCUT2D eigenvalue weighted by Crippen LogP contribution is 2.12. The Bertz CT molecular complexity index is 420. The molecule has 0 heterocycles. The summed E-state index contributed by atoms with van der Waals surface area (Å²) < 4.78 is 15.4. The summed E-state index contributed by atoms with van der Waals surface area (Å²) in [5.41, 5.74) is 1.90. The van der Waals surface area contributed by atoms with Crippen LogP contribution in [0.5, 0.6) is 5.75 Å². The standard InChI is InChI=1S/C15H20O4/c1-4-19-15(16)9-12(2)10-18-11-13-5-7-14(17-3)8-6-13/h5-9H,4,10-11H2,1-3H3/b12-9-. The number of benzene rings is 1. The fourth-order valence-corrected chi connectivity index (χ4v) is 1.48. The third kappa shape index (κ3) is 6.06. The van der Waals surface area contributed by atoms with E-state index < -0.39 is 0 Å². The van der Waals surface area contributed by atoms with Crippen molar-refractivity contribution in [3.63, 3.8) is 0 Å². The molecule has 0 radical (unpaired) electrons. The Kier molecular flexibility index (Phi) is 6.68. The van der Waals surface area contributed by atoms with Crippen molar-refractivity contribution in [3.8, 4) is 5.75 Å². The summed E-state index contributed by atoms with van der Waals surface area (Å²) in [4.78, 5) is 11.2. The lowest BCUT2D eigenvalue weighted by Gasteiger charge is -2.06. The van der Waals surface area contributed by atoms with Gasteiger partial charge in [0.2, 0.25) is 0 Å². The van der Waals surface area contributed by atoms with Crippen LogP contribution in [0.1, 0.15) is 19.4 Å². The summed E-state index contributed by atoms with van der Waals surface area (Å²) in [5.74, 6) is 0.496. The molecule has 0 saturated carbocycles. The molecule has 0 aliphatic rings. The molecule has 0 fully saturated rings. The van der Waals surface area contributed by atoms with Crippen LogP contribution in [0, 0.1) is 0 Å². The number of ether oxygens (including phenoxy) is 3. The zero-order valence-electron chi connectivity index (χ0n) is 11.6. The molecule has 0 saturated heterocycles. The largest absolute Gasteiger partial charge is 0.497 e. The van der Waals surface area contributed by atoms with Crippen LogP contribution in [0.15, 0.2) is 35.9 Å². The number of esters is 1. The van der Waals surface area contributed by atoms with Gasteiger partial charge >= 0.3 is 5.97 Å². The van der Waals surface area contributed by atoms with Crippen molar-refractivity contribution in [1.82, 2.24) is 0 Å². The molecule has 0 bridgehead atoms. The Morgan fingerprint density at radius 3 is 2.53 bits per heavy atom. The van der Waals surface area contributed by atoms with Crippen molar-refractivity contribution in [2.45, 2.75) is 20.5 Å². The van der Waals surface area contributed by atoms with Gasteiger partial charge in [-0.05, 0) is 37.1 Å². The van der Waals surface area contributed by atoms with Crippen molar-refractivity contribution >= 4 is 5.97 Å². The summed E-state index contributed by atoms with van der Waals surface area (Å²) in [7, 11) is 1.63. The molecule has 4 heteroatoms. The van der Waals surface area contributed by atoms with Crippen LogP contribution < -0.4 is 4.74 Å². The Balaban J connectivity index is 2.34. The Morgan fingerprint density at radius 2 is 1.95 bits per heavy atom. The van der Waals surface area contributed by atoms with Crippen LogP contribution in [-0.2, 0) is 20.9 Å². The van der Waals surface area contributed by atoms with E-state index in [9.17, 15) is 4.79 Å². The minimum Gasteiger partial charge on any atom is -0.497 e. The van der Waals surface area contributed by atoms with E-state index in [1.54, 1.807) is 14.0 Å². The van der Waals surface area contributed by atoms with Crippen molar-refractivity contribution < 1.29 is 19.0 Å². The number of carbonyl (C=O) groups excluding carboxylic acids is 1. The van der Waals surface area contributed by atoms with Crippen LogP contribution in [-0.4, -0.2) is 26.3 Å². The molecular weight excluding hydrogens is 244 g/mol. The monoisotopic (exact) mass is 264 g/mol. The van der Waals surface area contributed by atoms with Gasteiger partial charge < -0.3 is 14.2 Å². The molecule has 1 aromatic rings. The molecule has 4 nitrogen and oxygen atoms in total. The Labute approximate surface area is 114 Å². The molecule has 1 aromatic carbocycles. The molecule has 0 aromatic heterocycles. The van der Waals surface area contributed by atoms with E-state index in [4.69, 9.17) is 14.2 Å². The minimum absolute atomic E-state index is 0.326. The molecule has 0 aliphatic carbocycles. The average molecular weight is 264 g/mol. The number of hydrogen-bond acceptors (Lipinski definition) is 4. The smallest absolute Gasteiger partial charge is 0.330 e. The number of rotatable bonds is 7.